The molecule has 0 spiro atoms. The smallest absolute Gasteiger partial charge is 0.392 e. The lowest BCUT2D eigenvalue weighted by molar-refractivity contribution is -0.687. The molecule has 3 rings (SSSR count). The molecule has 0 radical (unpaired) electrons. The highest BCUT2D eigenvalue weighted by atomic mass is 16.5. The first-order chi connectivity index (χ1) is 11.2. The minimum Gasteiger partial charge on any atom is -0.404 e. The van der Waals surface area contributed by atoms with Gasteiger partial charge >= 0.3 is 5.88 Å². The van der Waals surface area contributed by atoms with Gasteiger partial charge in [0, 0.05) is 5.56 Å². The Labute approximate surface area is 135 Å². The summed E-state index contributed by atoms with van der Waals surface area (Å²) in [5.41, 5.74) is 1.70. The van der Waals surface area contributed by atoms with E-state index in [9.17, 15) is 4.79 Å². The van der Waals surface area contributed by atoms with E-state index < -0.39 is 0 Å². The minimum absolute atomic E-state index is 0.0245. The van der Waals surface area contributed by atoms with Gasteiger partial charge in [-0.1, -0.05) is 48.5 Å². The lowest BCUT2D eigenvalue weighted by Crippen LogP contribution is -2.39. The van der Waals surface area contributed by atoms with Crippen molar-refractivity contribution in [1.29, 1.82) is 0 Å². The number of nitrogens with zero attached hydrogens (tertiary/aromatic N) is 2. The zero-order valence-electron chi connectivity index (χ0n) is 12.8. The van der Waals surface area contributed by atoms with Gasteiger partial charge in [0.15, 0.2) is 6.20 Å². The zero-order valence-corrected chi connectivity index (χ0v) is 12.8. The Morgan fingerprint density at radius 2 is 1.83 bits per heavy atom. The largest absolute Gasteiger partial charge is 0.404 e. The number of aryl methyl sites for hydroxylation is 1. The molecule has 0 aliphatic rings. The van der Waals surface area contributed by atoms with Crippen LogP contribution in [0.5, 0.6) is 11.6 Å². The number of rotatable bonds is 5. The first-order valence-electron chi connectivity index (χ1n) is 7.39. The lowest BCUT2D eigenvalue weighted by Gasteiger charge is -2.07. The van der Waals surface area contributed by atoms with Gasteiger partial charge in [-0.25, -0.2) is 4.98 Å². The van der Waals surface area contributed by atoms with Gasteiger partial charge < -0.3 is 4.74 Å². The Hall–Kier alpha value is -3.01. The van der Waals surface area contributed by atoms with Crippen LogP contribution in [-0.2, 0) is 6.54 Å². The van der Waals surface area contributed by atoms with Gasteiger partial charge in [-0.15, -0.1) is 0 Å². The molecular weight excluding hydrogens is 288 g/mol. The monoisotopic (exact) mass is 305 g/mol. The van der Waals surface area contributed by atoms with Gasteiger partial charge in [-0.3, -0.25) is 4.79 Å². The van der Waals surface area contributed by atoms with Crippen LogP contribution in [0.4, 0.5) is 0 Å². The first-order valence-corrected chi connectivity index (χ1v) is 7.39. The molecule has 0 aliphatic heterocycles. The van der Waals surface area contributed by atoms with Gasteiger partial charge in [0.05, 0.1) is 6.20 Å². The van der Waals surface area contributed by atoms with E-state index in [0.717, 1.165) is 11.3 Å². The van der Waals surface area contributed by atoms with E-state index in [2.05, 4.69) is 4.98 Å². The van der Waals surface area contributed by atoms with Crippen LogP contribution in [0.2, 0.25) is 0 Å². The molecule has 114 valence electrons. The van der Waals surface area contributed by atoms with Crippen LogP contribution < -0.4 is 9.30 Å². The van der Waals surface area contributed by atoms with E-state index in [1.807, 2.05) is 61.5 Å². The SMILES string of the molecule is Cc1ccccc1Oc1cncc[n+]1CC(=O)c1ccccc1. The molecule has 0 N–H and O–H groups in total. The van der Waals surface area contributed by atoms with Crippen LogP contribution in [0.25, 0.3) is 0 Å². The van der Waals surface area contributed by atoms with Crippen molar-refractivity contribution in [3.8, 4) is 11.6 Å². The van der Waals surface area contributed by atoms with Crippen molar-refractivity contribution in [2.24, 2.45) is 0 Å². The molecule has 3 aromatic rings. The lowest BCUT2D eigenvalue weighted by atomic mass is 10.1. The minimum atomic E-state index is 0.0245. The Bertz CT molecular complexity index is 816. The highest BCUT2D eigenvalue weighted by Crippen LogP contribution is 2.21. The summed E-state index contributed by atoms with van der Waals surface area (Å²) in [4.78, 5) is 16.5. The van der Waals surface area contributed by atoms with Crippen LogP contribution in [0.1, 0.15) is 15.9 Å². The molecule has 23 heavy (non-hydrogen) atoms. The van der Waals surface area contributed by atoms with Crippen molar-refractivity contribution >= 4 is 5.78 Å². The van der Waals surface area contributed by atoms with Gasteiger partial charge in [0.1, 0.15) is 11.9 Å². The normalized spacial score (nSPS) is 10.3. The third-order valence-electron chi connectivity index (χ3n) is 3.52. The van der Waals surface area contributed by atoms with E-state index >= 15 is 0 Å². The Kier molecular flexibility index (Phi) is 4.43. The van der Waals surface area contributed by atoms with Gasteiger partial charge in [0.25, 0.3) is 0 Å². The molecule has 0 saturated heterocycles. The Balaban J connectivity index is 1.84. The number of ketones is 1. The van der Waals surface area contributed by atoms with Gasteiger partial charge in [-0.2, -0.15) is 4.57 Å². The second kappa shape index (κ2) is 6.83. The predicted octanol–water partition coefficient (Wildman–Crippen LogP) is 3.35. The summed E-state index contributed by atoms with van der Waals surface area (Å²) in [5.74, 6) is 1.31. The summed E-state index contributed by atoms with van der Waals surface area (Å²) in [6, 6.07) is 17.0. The third kappa shape index (κ3) is 3.61. The first kappa shape index (κ1) is 14.9. The molecule has 0 unspecified atom stereocenters. The number of ether oxygens (including phenoxy) is 1. The van der Waals surface area contributed by atoms with Crippen molar-refractivity contribution < 1.29 is 14.1 Å². The van der Waals surface area contributed by atoms with Crippen LogP contribution in [0.15, 0.2) is 73.2 Å². The molecule has 2 aromatic carbocycles. The number of carbonyl (C=O) groups excluding carboxylic acids is 1. The van der Waals surface area contributed by atoms with Gasteiger partial charge in [0.2, 0.25) is 12.3 Å². The number of aromatic nitrogens is 2. The average molecular weight is 305 g/mol. The van der Waals surface area contributed by atoms with Crippen molar-refractivity contribution in [2.45, 2.75) is 13.5 Å². The maximum absolute atomic E-state index is 12.4. The second-order valence-corrected chi connectivity index (χ2v) is 5.20. The highest BCUT2D eigenvalue weighted by molar-refractivity contribution is 5.94. The third-order valence-corrected chi connectivity index (χ3v) is 3.52. The molecule has 1 aromatic heterocycles. The molecule has 1 heterocycles. The van der Waals surface area contributed by atoms with E-state index in [1.54, 1.807) is 23.2 Å². The number of para-hydroxylation sites is 1. The van der Waals surface area contributed by atoms with Crippen molar-refractivity contribution in [1.82, 2.24) is 4.98 Å². The number of Topliss-reactive ketones (excluding diaryl/α,β-unsaturated/α-hetero) is 1. The molecular formula is C19H17N2O2+. The van der Waals surface area contributed by atoms with E-state index in [-0.39, 0.29) is 12.3 Å². The maximum atomic E-state index is 12.4. The zero-order chi connectivity index (χ0) is 16.1. The molecule has 0 amide bonds. The summed E-state index contributed by atoms with van der Waals surface area (Å²) in [6.07, 6.45) is 5.00. The van der Waals surface area contributed by atoms with Crippen molar-refractivity contribution in [3.63, 3.8) is 0 Å². The van der Waals surface area contributed by atoms with Crippen molar-refractivity contribution in [2.75, 3.05) is 0 Å². The van der Waals surface area contributed by atoms with Crippen LogP contribution in [0, 0.1) is 6.92 Å². The van der Waals surface area contributed by atoms with Crippen molar-refractivity contribution in [3.05, 3.63) is 84.3 Å². The molecule has 0 fully saturated rings. The topological polar surface area (TPSA) is 43.1 Å². The fourth-order valence-corrected chi connectivity index (χ4v) is 2.24. The fourth-order valence-electron chi connectivity index (χ4n) is 2.24. The summed E-state index contributed by atoms with van der Waals surface area (Å²) in [7, 11) is 0. The Morgan fingerprint density at radius 1 is 1.09 bits per heavy atom. The van der Waals surface area contributed by atoms with Crippen LogP contribution in [0.3, 0.4) is 0 Å². The molecule has 4 heteroatoms. The highest BCUT2D eigenvalue weighted by Gasteiger charge is 2.18. The number of carbonyl (C=O) groups is 1. The molecule has 0 aliphatic carbocycles. The molecule has 0 bridgehead atoms. The summed E-state index contributed by atoms with van der Waals surface area (Å²) in [5, 5.41) is 0. The summed E-state index contributed by atoms with van der Waals surface area (Å²) < 4.78 is 7.68. The summed E-state index contributed by atoms with van der Waals surface area (Å²) in [6.45, 7) is 2.18. The quantitative estimate of drug-likeness (QED) is 0.536. The maximum Gasteiger partial charge on any atom is 0.392 e. The van der Waals surface area contributed by atoms with Crippen LogP contribution >= 0.6 is 0 Å². The van der Waals surface area contributed by atoms with Gasteiger partial charge in [-0.05, 0) is 18.6 Å². The summed E-state index contributed by atoms with van der Waals surface area (Å²) >= 11 is 0. The Morgan fingerprint density at radius 3 is 2.61 bits per heavy atom. The number of benzene rings is 2. The standard InChI is InChI=1S/C19H17N2O2/c1-15-7-5-6-10-18(15)23-19-13-20-11-12-21(19)14-17(22)16-8-3-2-4-9-16/h2-13H,14H2,1H3/q+1. The average Bonchev–Trinajstić information content (AvgIpc) is 2.59. The molecule has 0 saturated carbocycles. The predicted molar refractivity (Wildman–Crippen MR) is 86.5 cm³/mol. The van der Waals surface area contributed by atoms with E-state index in [4.69, 9.17) is 4.74 Å². The van der Waals surface area contributed by atoms with E-state index in [1.165, 1.54) is 0 Å². The number of hydrogen-bond donors (Lipinski definition) is 0. The fraction of sp³-hybridized carbons (Fsp3) is 0.105. The van der Waals surface area contributed by atoms with Crippen LogP contribution in [-0.4, -0.2) is 10.8 Å². The molecule has 0 atom stereocenters. The van der Waals surface area contributed by atoms with E-state index in [0.29, 0.717) is 11.4 Å². The molecule has 4 nitrogen and oxygen atoms in total. The second-order valence-electron chi connectivity index (χ2n) is 5.20. The number of hydrogen-bond acceptors (Lipinski definition) is 3.